The standard InChI is InChI=1S/C22H16ClF2NS/c1-15-2-7-18(8-3-15)26-22(20-11-6-17(25)14-21(20)23)12-13-27-19-9-4-16(24)5-10-19/h2-14H,1H3. The molecule has 0 aliphatic heterocycles. The number of nitrogens with zero attached hydrogens (tertiary/aromatic N) is 1. The zero-order valence-electron chi connectivity index (χ0n) is 14.5. The Balaban J connectivity index is 1.92. The Labute approximate surface area is 166 Å². The van der Waals surface area contributed by atoms with E-state index in [1.54, 1.807) is 18.2 Å². The number of aliphatic imine (C=N–C) groups is 1. The van der Waals surface area contributed by atoms with Gasteiger partial charge in [0.1, 0.15) is 11.6 Å². The summed E-state index contributed by atoms with van der Waals surface area (Å²) in [7, 11) is 0. The molecule has 3 aromatic rings. The third-order valence-electron chi connectivity index (χ3n) is 3.73. The molecule has 0 spiro atoms. The molecule has 0 atom stereocenters. The SMILES string of the molecule is Cc1ccc(N=C(C=CSc2ccc(F)cc2)c2ccc(F)cc2Cl)cc1. The van der Waals surface area contributed by atoms with E-state index in [0.717, 1.165) is 16.1 Å². The number of hydrogen-bond donors (Lipinski definition) is 0. The van der Waals surface area contributed by atoms with Crippen LogP contribution in [0.25, 0.3) is 0 Å². The van der Waals surface area contributed by atoms with E-state index in [-0.39, 0.29) is 10.8 Å². The molecule has 0 saturated heterocycles. The van der Waals surface area contributed by atoms with Crippen molar-refractivity contribution in [1.82, 2.24) is 0 Å². The van der Waals surface area contributed by atoms with E-state index in [0.29, 0.717) is 11.3 Å². The Morgan fingerprint density at radius 2 is 1.59 bits per heavy atom. The number of aryl methyl sites for hydroxylation is 1. The maximum Gasteiger partial charge on any atom is 0.124 e. The van der Waals surface area contributed by atoms with Crippen LogP contribution < -0.4 is 0 Å². The number of thioether (sulfide) groups is 1. The monoisotopic (exact) mass is 399 g/mol. The molecule has 1 nitrogen and oxygen atoms in total. The van der Waals surface area contributed by atoms with Gasteiger partial charge >= 0.3 is 0 Å². The largest absolute Gasteiger partial charge is 0.248 e. The summed E-state index contributed by atoms with van der Waals surface area (Å²) in [5, 5.41) is 2.14. The molecule has 3 aromatic carbocycles. The smallest absolute Gasteiger partial charge is 0.124 e. The fourth-order valence-corrected chi connectivity index (χ4v) is 3.24. The molecule has 0 N–H and O–H groups in total. The number of hydrogen-bond acceptors (Lipinski definition) is 2. The van der Waals surface area contributed by atoms with E-state index in [4.69, 9.17) is 11.6 Å². The lowest BCUT2D eigenvalue weighted by Crippen LogP contribution is -1.98. The van der Waals surface area contributed by atoms with Gasteiger partial charge in [-0.3, -0.25) is 0 Å². The fraction of sp³-hybridized carbons (Fsp3) is 0.0455. The molecule has 0 amide bonds. The van der Waals surface area contributed by atoms with E-state index < -0.39 is 5.82 Å². The van der Waals surface area contributed by atoms with Crippen LogP contribution in [0.3, 0.4) is 0 Å². The molecular weight excluding hydrogens is 384 g/mol. The van der Waals surface area contributed by atoms with Crippen molar-refractivity contribution in [2.45, 2.75) is 11.8 Å². The average Bonchev–Trinajstić information content (AvgIpc) is 2.64. The quantitative estimate of drug-likeness (QED) is 0.322. The first-order valence-electron chi connectivity index (χ1n) is 8.21. The zero-order chi connectivity index (χ0) is 19.2. The summed E-state index contributed by atoms with van der Waals surface area (Å²) in [5.74, 6) is -0.675. The first-order valence-corrected chi connectivity index (χ1v) is 9.46. The van der Waals surface area contributed by atoms with Gasteiger partial charge in [-0.1, -0.05) is 41.1 Å². The van der Waals surface area contributed by atoms with Crippen molar-refractivity contribution in [3.63, 3.8) is 0 Å². The second kappa shape index (κ2) is 8.98. The summed E-state index contributed by atoms with van der Waals surface area (Å²) < 4.78 is 26.4. The Hall–Kier alpha value is -2.43. The highest BCUT2D eigenvalue weighted by Gasteiger charge is 2.08. The third-order valence-corrected chi connectivity index (χ3v) is 4.86. The molecule has 3 rings (SSSR count). The number of allylic oxidation sites excluding steroid dienone is 1. The van der Waals surface area contributed by atoms with Gasteiger partial charge in [0.2, 0.25) is 0 Å². The van der Waals surface area contributed by atoms with Gasteiger partial charge in [0.15, 0.2) is 0 Å². The highest BCUT2D eigenvalue weighted by molar-refractivity contribution is 8.02. The normalized spacial score (nSPS) is 11.9. The molecule has 0 radical (unpaired) electrons. The van der Waals surface area contributed by atoms with E-state index in [1.165, 1.54) is 36.0 Å². The molecule has 0 heterocycles. The van der Waals surface area contributed by atoms with Crippen molar-refractivity contribution < 1.29 is 8.78 Å². The van der Waals surface area contributed by atoms with Gasteiger partial charge in [-0.2, -0.15) is 0 Å². The summed E-state index contributed by atoms with van der Waals surface area (Å²) in [6.07, 6.45) is 1.81. The molecule has 0 saturated carbocycles. The van der Waals surface area contributed by atoms with Gasteiger partial charge in [-0.15, -0.1) is 0 Å². The molecule has 0 fully saturated rings. The first kappa shape index (κ1) is 19.3. The van der Waals surface area contributed by atoms with Crippen LogP contribution in [0.4, 0.5) is 14.5 Å². The Morgan fingerprint density at radius 3 is 2.26 bits per heavy atom. The second-order valence-corrected chi connectivity index (χ2v) is 7.22. The molecule has 0 aromatic heterocycles. The van der Waals surface area contributed by atoms with Crippen molar-refractivity contribution in [2.75, 3.05) is 0 Å². The number of rotatable bonds is 5. The molecular formula is C22H16ClF2NS. The lowest BCUT2D eigenvalue weighted by Gasteiger charge is -2.06. The van der Waals surface area contributed by atoms with E-state index >= 15 is 0 Å². The van der Waals surface area contributed by atoms with Gasteiger partial charge in [0.25, 0.3) is 0 Å². The molecule has 0 bridgehead atoms. The molecule has 0 unspecified atom stereocenters. The van der Waals surface area contributed by atoms with Gasteiger partial charge in [0, 0.05) is 10.5 Å². The maximum absolute atomic E-state index is 13.4. The Kier molecular flexibility index (Phi) is 6.43. The van der Waals surface area contributed by atoms with Crippen LogP contribution in [0.15, 0.2) is 88.1 Å². The maximum atomic E-state index is 13.4. The van der Waals surface area contributed by atoms with Crippen molar-refractivity contribution in [3.05, 3.63) is 106 Å². The van der Waals surface area contributed by atoms with Gasteiger partial charge in [-0.25, -0.2) is 13.8 Å². The highest BCUT2D eigenvalue weighted by Crippen LogP contribution is 2.24. The lowest BCUT2D eigenvalue weighted by atomic mass is 10.1. The van der Waals surface area contributed by atoms with Crippen LogP contribution in [-0.2, 0) is 0 Å². The molecule has 136 valence electrons. The van der Waals surface area contributed by atoms with E-state index in [9.17, 15) is 8.78 Å². The predicted molar refractivity (Wildman–Crippen MR) is 110 cm³/mol. The Morgan fingerprint density at radius 1 is 0.926 bits per heavy atom. The van der Waals surface area contributed by atoms with Crippen molar-refractivity contribution in [3.8, 4) is 0 Å². The topological polar surface area (TPSA) is 12.4 Å². The molecule has 5 heteroatoms. The minimum absolute atomic E-state index is 0.275. The minimum Gasteiger partial charge on any atom is -0.248 e. The van der Waals surface area contributed by atoms with Crippen LogP contribution >= 0.6 is 23.4 Å². The summed E-state index contributed by atoms with van der Waals surface area (Å²) >= 11 is 7.65. The summed E-state index contributed by atoms with van der Waals surface area (Å²) in [4.78, 5) is 5.55. The zero-order valence-corrected chi connectivity index (χ0v) is 16.1. The second-order valence-electron chi connectivity index (χ2n) is 5.83. The van der Waals surface area contributed by atoms with Crippen LogP contribution in [0.5, 0.6) is 0 Å². The molecule has 0 aliphatic rings. The van der Waals surface area contributed by atoms with Gasteiger partial charge < -0.3 is 0 Å². The molecule has 27 heavy (non-hydrogen) atoms. The minimum atomic E-state index is -0.400. The number of halogens is 3. The highest BCUT2D eigenvalue weighted by atomic mass is 35.5. The fourth-order valence-electron chi connectivity index (χ4n) is 2.33. The van der Waals surface area contributed by atoms with E-state index in [1.807, 2.05) is 42.7 Å². The summed E-state index contributed by atoms with van der Waals surface area (Å²) in [6, 6.07) is 18.2. The van der Waals surface area contributed by atoms with Gasteiger partial charge in [0.05, 0.1) is 16.4 Å². The summed E-state index contributed by atoms with van der Waals surface area (Å²) in [5.41, 5.74) is 3.15. The predicted octanol–water partition coefficient (Wildman–Crippen LogP) is 7.35. The summed E-state index contributed by atoms with van der Waals surface area (Å²) in [6.45, 7) is 2.00. The van der Waals surface area contributed by atoms with Crippen LogP contribution in [0.2, 0.25) is 5.02 Å². The Bertz CT molecular complexity index is 980. The van der Waals surface area contributed by atoms with E-state index in [2.05, 4.69) is 4.99 Å². The number of benzene rings is 3. The van der Waals surface area contributed by atoms with Crippen molar-refractivity contribution >= 4 is 34.8 Å². The van der Waals surface area contributed by atoms with Gasteiger partial charge in [-0.05, 0) is 73.0 Å². The van der Waals surface area contributed by atoms with Crippen LogP contribution in [0, 0.1) is 18.6 Å². The first-order chi connectivity index (χ1) is 13.0. The van der Waals surface area contributed by atoms with Crippen LogP contribution in [-0.4, -0.2) is 5.71 Å². The lowest BCUT2D eigenvalue weighted by molar-refractivity contribution is 0.626. The third kappa shape index (κ3) is 5.52. The van der Waals surface area contributed by atoms with Crippen molar-refractivity contribution in [2.24, 2.45) is 4.99 Å². The average molecular weight is 400 g/mol. The van der Waals surface area contributed by atoms with Crippen LogP contribution in [0.1, 0.15) is 11.1 Å². The molecule has 0 aliphatic carbocycles. The van der Waals surface area contributed by atoms with Crippen molar-refractivity contribution in [1.29, 1.82) is 0 Å².